The first-order chi connectivity index (χ1) is 13.2. The number of ether oxygens (including phenoxy) is 1. The van der Waals surface area contributed by atoms with E-state index in [4.69, 9.17) is 4.74 Å². The van der Waals surface area contributed by atoms with Gasteiger partial charge in [-0.05, 0) is 29.8 Å². The standard InChI is InChI=1S/C19H19FN2O5S/c1-22-11-12(14-5-3-4-6-17(14)22)9-16(19(23)24)21-28(25,26)13-7-8-18(27-2)15(20)10-13/h3-8,10-11,16,21H,9H2,1-2H3,(H,23,24). The minimum absolute atomic E-state index is 0.0610. The molecule has 0 spiro atoms. The average molecular weight is 406 g/mol. The van der Waals surface area contributed by atoms with Crippen LogP contribution in [0.4, 0.5) is 4.39 Å². The van der Waals surface area contributed by atoms with E-state index < -0.39 is 27.9 Å². The maximum Gasteiger partial charge on any atom is 0.322 e. The molecule has 148 valence electrons. The summed E-state index contributed by atoms with van der Waals surface area (Å²) in [6.07, 6.45) is 1.70. The van der Waals surface area contributed by atoms with Crippen LogP contribution >= 0.6 is 0 Å². The molecule has 0 saturated carbocycles. The summed E-state index contributed by atoms with van der Waals surface area (Å²) < 4.78 is 47.8. The zero-order chi connectivity index (χ0) is 20.5. The van der Waals surface area contributed by atoms with Gasteiger partial charge in [0.25, 0.3) is 0 Å². The third-order valence-electron chi connectivity index (χ3n) is 4.43. The number of nitrogens with one attached hydrogen (secondary N) is 1. The number of carboxylic acids is 1. The fourth-order valence-electron chi connectivity index (χ4n) is 3.06. The van der Waals surface area contributed by atoms with Crippen molar-refractivity contribution in [3.05, 3.63) is 60.0 Å². The van der Waals surface area contributed by atoms with Crippen molar-refractivity contribution in [3.63, 3.8) is 0 Å². The molecule has 0 saturated heterocycles. The highest BCUT2D eigenvalue weighted by atomic mass is 32.2. The number of para-hydroxylation sites is 1. The third kappa shape index (κ3) is 3.85. The first-order valence-corrected chi connectivity index (χ1v) is 9.83. The highest BCUT2D eigenvalue weighted by Crippen LogP contribution is 2.23. The topological polar surface area (TPSA) is 97.6 Å². The average Bonchev–Trinajstić information content (AvgIpc) is 2.97. The second-order valence-corrected chi connectivity index (χ2v) is 8.01. The van der Waals surface area contributed by atoms with Gasteiger partial charge in [-0.15, -0.1) is 0 Å². The van der Waals surface area contributed by atoms with Gasteiger partial charge in [-0.3, -0.25) is 4.79 Å². The van der Waals surface area contributed by atoms with Crippen LogP contribution < -0.4 is 9.46 Å². The van der Waals surface area contributed by atoms with Gasteiger partial charge in [-0.2, -0.15) is 4.72 Å². The van der Waals surface area contributed by atoms with E-state index in [0.717, 1.165) is 23.0 Å². The molecule has 1 aromatic heterocycles. The Hall–Kier alpha value is -2.91. The Morgan fingerprint density at radius 3 is 2.64 bits per heavy atom. The Morgan fingerprint density at radius 2 is 2.00 bits per heavy atom. The van der Waals surface area contributed by atoms with E-state index in [9.17, 15) is 22.7 Å². The highest BCUT2D eigenvalue weighted by molar-refractivity contribution is 7.89. The molecule has 3 aromatic rings. The van der Waals surface area contributed by atoms with Gasteiger partial charge in [0.2, 0.25) is 10.0 Å². The lowest BCUT2D eigenvalue weighted by molar-refractivity contribution is -0.138. The lowest BCUT2D eigenvalue weighted by atomic mass is 10.1. The fraction of sp³-hybridized carbons (Fsp3) is 0.211. The Labute approximate surface area is 161 Å². The summed E-state index contributed by atoms with van der Waals surface area (Å²) in [5.74, 6) is -2.29. The molecule has 0 radical (unpaired) electrons. The molecule has 1 unspecified atom stereocenters. The molecule has 2 N–H and O–H groups in total. The van der Waals surface area contributed by atoms with Gasteiger partial charge in [-0.1, -0.05) is 18.2 Å². The van der Waals surface area contributed by atoms with E-state index >= 15 is 0 Å². The van der Waals surface area contributed by atoms with E-state index in [2.05, 4.69) is 4.72 Å². The molecule has 0 amide bonds. The summed E-state index contributed by atoms with van der Waals surface area (Å²) in [6.45, 7) is 0. The molecule has 0 aliphatic rings. The number of sulfonamides is 1. The number of nitrogens with zero attached hydrogens (tertiary/aromatic N) is 1. The summed E-state index contributed by atoms with van der Waals surface area (Å²) in [5.41, 5.74) is 1.59. The van der Waals surface area contributed by atoms with Gasteiger partial charge in [0.1, 0.15) is 6.04 Å². The lowest BCUT2D eigenvalue weighted by Gasteiger charge is -2.15. The lowest BCUT2D eigenvalue weighted by Crippen LogP contribution is -2.42. The van der Waals surface area contributed by atoms with E-state index in [1.54, 1.807) is 6.20 Å². The van der Waals surface area contributed by atoms with E-state index in [0.29, 0.717) is 5.56 Å². The Balaban J connectivity index is 1.90. The summed E-state index contributed by atoms with van der Waals surface area (Å²) in [7, 11) is -1.17. The van der Waals surface area contributed by atoms with E-state index in [1.807, 2.05) is 35.9 Å². The third-order valence-corrected chi connectivity index (χ3v) is 5.90. The number of methoxy groups -OCH3 is 1. The number of aliphatic carboxylic acids is 1. The highest BCUT2D eigenvalue weighted by Gasteiger charge is 2.27. The number of fused-ring (bicyclic) bond motifs is 1. The largest absolute Gasteiger partial charge is 0.494 e. The predicted molar refractivity (Wildman–Crippen MR) is 101 cm³/mol. The maximum atomic E-state index is 13.9. The van der Waals surface area contributed by atoms with Crippen molar-refractivity contribution in [3.8, 4) is 5.75 Å². The molecule has 2 aromatic carbocycles. The van der Waals surface area contributed by atoms with Crippen molar-refractivity contribution < 1.29 is 27.4 Å². The molecular formula is C19H19FN2O5S. The molecule has 9 heteroatoms. The van der Waals surface area contributed by atoms with Crippen LogP contribution in [0.5, 0.6) is 5.75 Å². The van der Waals surface area contributed by atoms with E-state index in [1.165, 1.54) is 13.2 Å². The van der Waals surface area contributed by atoms with Crippen molar-refractivity contribution in [2.45, 2.75) is 17.4 Å². The molecule has 1 atom stereocenters. The number of benzene rings is 2. The smallest absolute Gasteiger partial charge is 0.322 e. The normalized spacial score (nSPS) is 12.8. The fourth-order valence-corrected chi connectivity index (χ4v) is 4.26. The van der Waals surface area contributed by atoms with Crippen molar-refractivity contribution >= 4 is 26.9 Å². The van der Waals surface area contributed by atoms with Gasteiger partial charge in [0, 0.05) is 30.6 Å². The van der Waals surface area contributed by atoms with Gasteiger partial charge in [0.15, 0.2) is 11.6 Å². The SMILES string of the molecule is COc1ccc(S(=O)(=O)NC(Cc2cn(C)c3ccccc23)C(=O)O)cc1F. The van der Waals surface area contributed by atoms with Crippen LogP contribution in [0.2, 0.25) is 0 Å². The molecule has 1 heterocycles. The number of halogens is 1. The number of carbonyl (C=O) groups is 1. The Kier molecular flexibility index (Phi) is 5.39. The molecule has 0 aliphatic heterocycles. The minimum atomic E-state index is -4.25. The zero-order valence-corrected chi connectivity index (χ0v) is 16.0. The van der Waals surface area contributed by atoms with Gasteiger partial charge in [0.05, 0.1) is 12.0 Å². The Morgan fingerprint density at radius 1 is 1.29 bits per heavy atom. The predicted octanol–water partition coefficient (Wildman–Crippen LogP) is 2.30. The van der Waals surface area contributed by atoms with Gasteiger partial charge in [-0.25, -0.2) is 12.8 Å². The molecule has 3 rings (SSSR count). The second kappa shape index (κ2) is 7.61. The van der Waals surface area contributed by atoms with Gasteiger partial charge < -0.3 is 14.4 Å². The first-order valence-electron chi connectivity index (χ1n) is 8.34. The van der Waals surface area contributed by atoms with Gasteiger partial charge >= 0.3 is 5.97 Å². The van der Waals surface area contributed by atoms with Crippen LogP contribution in [0, 0.1) is 5.82 Å². The van der Waals surface area contributed by atoms with E-state index in [-0.39, 0.29) is 17.1 Å². The molecule has 28 heavy (non-hydrogen) atoms. The van der Waals surface area contributed by atoms with Crippen molar-refractivity contribution in [2.24, 2.45) is 7.05 Å². The quantitative estimate of drug-likeness (QED) is 0.628. The zero-order valence-electron chi connectivity index (χ0n) is 15.2. The number of aromatic nitrogens is 1. The summed E-state index contributed by atoms with van der Waals surface area (Å²) in [4.78, 5) is 11.3. The van der Waals surface area contributed by atoms with Crippen LogP contribution in [0.25, 0.3) is 10.9 Å². The maximum absolute atomic E-state index is 13.9. The van der Waals surface area contributed by atoms with Crippen molar-refractivity contribution in [1.82, 2.24) is 9.29 Å². The number of carboxylic acid groups (broad SMARTS) is 1. The van der Waals surface area contributed by atoms with Crippen LogP contribution in [0.15, 0.2) is 53.6 Å². The van der Waals surface area contributed by atoms with Crippen LogP contribution in [-0.4, -0.2) is 37.2 Å². The first kappa shape index (κ1) is 19.8. The Bertz CT molecular complexity index is 1140. The summed E-state index contributed by atoms with van der Waals surface area (Å²) in [5, 5.41) is 10.4. The molecule has 7 nitrogen and oxygen atoms in total. The van der Waals surface area contributed by atoms with Crippen LogP contribution in [0.1, 0.15) is 5.56 Å². The second-order valence-electron chi connectivity index (χ2n) is 6.29. The monoisotopic (exact) mass is 406 g/mol. The summed E-state index contributed by atoms with van der Waals surface area (Å²) >= 11 is 0. The number of hydrogen-bond donors (Lipinski definition) is 2. The molecule has 0 bridgehead atoms. The molecular weight excluding hydrogens is 387 g/mol. The summed E-state index contributed by atoms with van der Waals surface area (Å²) in [6, 6.07) is 9.12. The van der Waals surface area contributed by atoms with Crippen molar-refractivity contribution in [1.29, 1.82) is 0 Å². The number of aryl methyl sites for hydroxylation is 1. The number of rotatable bonds is 7. The van der Waals surface area contributed by atoms with Crippen molar-refractivity contribution in [2.75, 3.05) is 7.11 Å². The minimum Gasteiger partial charge on any atom is -0.494 e. The van der Waals surface area contributed by atoms with Crippen LogP contribution in [-0.2, 0) is 28.3 Å². The molecule has 0 aliphatic carbocycles. The number of hydrogen-bond acceptors (Lipinski definition) is 4. The molecule has 0 fully saturated rings. The van der Waals surface area contributed by atoms with Crippen LogP contribution in [0.3, 0.4) is 0 Å².